The third kappa shape index (κ3) is 3.32. The Labute approximate surface area is 97.5 Å². The number of rotatable bonds is 5. The highest BCUT2D eigenvalue weighted by atomic mass is 15.0. The fourth-order valence-electron chi connectivity index (χ4n) is 1.46. The standard InChI is InChI=1S/C13H19N3/c1-4-13(3,5-2)16-10-11-6-7-15-12(8-11)9-14/h6-8,16H,4-5,10H2,1-3H3. The predicted molar refractivity (Wildman–Crippen MR) is 64.8 cm³/mol. The first-order valence-corrected chi connectivity index (χ1v) is 5.73. The summed E-state index contributed by atoms with van der Waals surface area (Å²) >= 11 is 0. The molecule has 0 saturated carbocycles. The molecule has 3 heteroatoms. The molecule has 0 aromatic carbocycles. The predicted octanol–water partition coefficient (Wildman–Crippen LogP) is 2.62. The van der Waals surface area contributed by atoms with Gasteiger partial charge < -0.3 is 5.32 Å². The molecule has 0 atom stereocenters. The quantitative estimate of drug-likeness (QED) is 0.824. The minimum absolute atomic E-state index is 0.177. The van der Waals surface area contributed by atoms with Crippen molar-refractivity contribution in [3.8, 4) is 6.07 Å². The highest BCUT2D eigenvalue weighted by molar-refractivity contribution is 5.25. The molecule has 16 heavy (non-hydrogen) atoms. The van der Waals surface area contributed by atoms with Gasteiger partial charge >= 0.3 is 0 Å². The Morgan fingerprint density at radius 2 is 2.12 bits per heavy atom. The lowest BCUT2D eigenvalue weighted by molar-refractivity contribution is 0.329. The van der Waals surface area contributed by atoms with Crippen molar-refractivity contribution in [1.29, 1.82) is 5.26 Å². The molecular formula is C13H19N3. The molecule has 0 amide bonds. The average molecular weight is 217 g/mol. The van der Waals surface area contributed by atoms with Gasteiger partial charge in [0.1, 0.15) is 11.8 Å². The number of nitrogens with zero attached hydrogens (tertiary/aromatic N) is 2. The highest BCUT2D eigenvalue weighted by Gasteiger charge is 2.17. The van der Waals surface area contributed by atoms with Crippen LogP contribution in [0.1, 0.15) is 44.9 Å². The summed E-state index contributed by atoms with van der Waals surface area (Å²) in [5.74, 6) is 0. The van der Waals surface area contributed by atoms with Crippen molar-refractivity contribution in [2.75, 3.05) is 0 Å². The van der Waals surface area contributed by atoms with E-state index in [1.807, 2.05) is 12.1 Å². The Kier molecular flexibility index (Phi) is 4.45. The first kappa shape index (κ1) is 12.7. The van der Waals surface area contributed by atoms with E-state index in [0.29, 0.717) is 5.69 Å². The van der Waals surface area contributed by atoms with E-state index < -0.39 is 0 Å². The molecule has 1 aromatic heterocycles. The Morgan fingerprint density at radius 1 is 1.44 bits per heavy atom. The normalized spacial score (nSPS) is 11.1. The van der Waals surface area contributed by atoms with Gasteiger partial charge in [0.05, 0.1) is 0 Å². The summed E-state index contributed by atoms with van der Waals surface area (Å²) in [6.45, 7) is 7.38. The van der Waals surface area contributed by atoms with E-state index in [1.165, 1.54) is 0 Å². The first-order valence-electron chi connectivity index (χ1n) is 5.73. The van der Waals surface area contributed by atoms with Crippen LogP contribution in [0.2, 0.25) is 0 Å². The maximum atomic E-state index is 8.75. The van der Waals surface area contributed by atoms with Gasteiger partial charge in [-0.3, -0.25) is 0 Å². The lowest BCUT2D eigenvalue weighted by Crippen LogP contribution is -2.40. The van der Waals surface area contributed by atoms with E-state index in [-0.39, 0.29) is 5.54 Å². The van der Waals surface area contributed by atoms with Gasteiger partial charge in [-0.2, -0.15) is 5.26 Å². The van der Waals surface area contributed by atoms with Crippen molar-refractivity contribution in [2.24, 2.45) is 0 Å². The maximum absolute atomic E-state index is 8.75. The Morgan fingerprint density at radius 3 is 2.69 bits per heavy atom. The van der Waals surface area contributed by atoms with Crippen molar-refractivity contribution in [2.45, 2.75) is 45.7 Å². The van der Waals surface area contributed by atoms with Crippen molar-refractivity contribution >= 4 is 0 Å². The third-order valence-corrected chi connectivity index (χ3v) is 3.22. The molecular weight excluding hydrogens is 198 g/mol. The summed E-state index contributed by atoms with van der Waals surface area (Å²) in [6.07, 6.45) is 3.88. The number of pyridine rings is 1. The molecule has 86 valence electrons. The largest absolute Gasteiger partial charge is 0.307 e. The van der Waals surface area contributed by atoms with Gasteiger partial charge in [0.25, 0.3) is 0 Å². The van der Waals surface area contributed by atoms with Crippen molar-refractivity contribution < 1.29 is 0 Å². The van der Waals surface area contributed by atoms with E-state index in [4.69, 9.17) is 5.26 Å². The van der Waals surface area contributed by atoms with Crippen LogP contribution in [0.15, 0.2) is 18.3 Å². The van der Waals surface area contributed by atoms with Crippen LogP contribution in [0.4, 0.5) is 0 Å². The second-order valence-electron chi connectivity index (χ2n) is 4.28. The van der Waals surface area contributed by atoms with Crippen LogP contribution in [0.3, 0.4) is 0 Å². The average Bonchev–Trinajstić information content (AvgIpc) is 2.36. The molecule has 1 heterocycles. The van der Waals surface area contributed by atoms with Crippen LogP contribution < -0.4 is 5.32 Å². The van der Waals surface area contributed by atoms with Gasteiger partial charge in [-0.05, 0) is 37.5 Å². The molecule has 0 bridgehead atoms. The smallest absolute Gasteiger partial charge is 0.140 e. The number of aromatic nitrogens is 1. The molecule has 0 unspecified atom stereocenters. The molecule has 3 nitrogen and oxygen atoms in total. The minimum Gasteiger partial charge on any atom is -0.307 e. The lowest BCUT2D eigenvalue weighted by Gasteiger charge is -2.28. The van der Waals surface area contributed by atoms with Gasteiger partial charge in [0, 0.05) is 18.3 Å². The molecule has 0 aliphatic carbocycles. The molecule has 0 fully saturated rings. The van der Waals surface area contributed by atoms with E-state index >= 15 is 0 Å². The fourth-order valence-corrected chi connectivity index (χ4v) is 1.46. The zero-order valence-corrected chi connectivity index (χ0v) is 10.2. The summed E-state index contributed by atoms with van der Waals surface area (Å²) in [7, 11) is 0. The molecule has 1 N–H and O–H groups in total. The van der Waals surface area contributed by atoms with Crippen LogP contribution in [0.5, 0.6) is 0 Å². The van der Waals surface area contributed by atoms with Gasteiger partial charge in [0.15, 0.2) is 0 Å². The number of hydrogen-bond acceptors (Lipinski definition) is 3. The molecule has 1 rings (SSSR count). The SMILES string of the molecule is CCC(C)(CC)NCc1ccnc(C#N)c1. The highest BCUT2D eigenvalue weighted by Crippen LogP contribution is 2.14. The van der Waals surface area contributed by atoms with Gasteiger partial charge in [0.2, 0.25) is 0 Å². The molecule has 0 aliphatic rings. The van der Waals surface area contributed by atoms with Crippen molar-refractivity contribution in [3.63, 3.8) is 0 Å². The van der Waals surface area contributed by atoms with Gasteiger partial charge in [-0.15, -0.1) is 0 Å². The molecule has 0 aliphatic heterocycles. The maximum Gasteiger partial charge on any atom is 0.140 e. The Hall–Kier alpha value is -1.40. The molecule has 1 aromatic rings. The minimum atomic E-state index is 0.177. The van der Waals surface area contributed by atoms with E-state index in [9.17, 15) is 0 Å². The van der Waals surface area contributed by atoms with E-state index in [0.717, 1.165) is 24.9 Å². The zero-order valence-electron chi connectivity index (χ0n) is 10.2. The monoisotopic (exact) mass is 217 g/mol. The first-order chi connectivity index (χ1) is 7.63. The van der Waals surface area contributed by atoms with Crippen LogP contribution in [-0.4, -0.2) is 10.5 Å². The summed E-state index contributed by atoms with van der Waals surface area (Å²) in [4.78, 5) is 3.95. The van der Waals surface area contributed by atoms with Crippen LogP contribution in [0.25, 0.3) is 0 Å². The summed E-state index contributed by atoms with van der Waals surface area (Å²) in [5, 5.41) is 12.3. The van der Waals surface area contributed by atoms with Crippen molar-refractivity contribution in [3.05, 3.63) is 29.6 Å². The van der Waals surface area contributed by atoms with Crippen molar-refractivity contribution in [1.82, 2.24) is 10.3 Å². The van der Waals surface area contributed by atoms with E-state index in [1.54, 1.807) is 6.20 Å². The van der Waals surface area contributed by atoms with Crippen LogP contribution in [-0.2, 0) is 6.54 Å². The van der Waals surface area contributed by atoms with E-state index in [2.05, 4.69) is 37.1 Å². The molecule has 0 spiro atoms. The lowest BCUT2D eigenvalue weighted by atomic mass is 9.95. The van der Waals surface area contributed by atoms with Crippen LogP contribution >= 0.6 is 0 Å². The molecule has 0 saturated heterocycles. The summed E-state index contributed by atoms with van der Waals surface area (Å²) in [6, 6.07) is 5.83. The van der Waals surface area contributed by atoms with Crippen LogP contribution in [0, 0.1) is 11.3 Å². The number of nitriles is 1. The second kappa shape index (κ2) is 5.62. The summed E-state index contributed by atoms with van der Waals surface area (Å²) < 4.78 is 0. The number of hydrogen-bond donors (Lipinski definition) is 1. The van der Waals surface area contributed by atoms with Gasteiger partial charge in [-0.1, -0.05) is 13.8 Å². The third-order valence-electron chi connectivity index (χ3n) is 3.22. The topological polar surface area (TPSA) is 48.7 Å². The number of nitrogens with one attached hydrogen (secondary N) is 1. The summed E-state index contributed by atoms with van der Waals surface area (Å²) in [5.41, 5.74) is 1.77. The van der Waals surface area contributed by atoms with Gasteiger partial charge in [-0.25, -0.2) is 4.98 Å². The fraction of sp³-hybridized carbons (Fsp3) is 0.538. The Bertz CT molecular complexity index is 375. The Balaban J connectivity index is 2.64. The second-order valence-corrected chi connectivity index (χ2v) is 4.28. The zero-order chi connectivity index (χ0) is 12.0. The molecule has 0 radical (unpaired) electrons.